The van der Waals surface area contributed by atoms with Crippen molar-refractivity contribution in [1.29, 1.82) is 0 Å². The molecule has 3 atom stereocenters. The molecule has 1 saturated heterocycles. The molecule has 0 amide bonds. The lowest BCUT2D eigenvalue weighted by Gasteiger charge is -2.43. The van der Waals surface area contributed by atoms with Crippen LogP contribution >= 0.6 is 0 Å². The predicted molar refractivity (Wildman–Crippen MR) is 88.1 cm³/mol. The zero-order valence-corrected chi connectivity index (χ0v) is 14.1. The summed E-state index contributed by atoms with van der Waals surface area (Å²) in [5, 5.41) is 3.68. The number of hydrogen-bond donors (Lipinski definition) is 1. The Morgan fingerprint density at radius 3 is 2.65 bits per heavy atom. The summed E-state index contributed by atoms with van der Waals surface area (Å²) in [4.78, 5) is 2.87. The van der Waals surface area contributed by atoms with Crippen molar-refractivity contribution in [3.63, 3.8) is 0 Å². The Morgan fingerprint density at radius 2 is 1.90 bits per heavy atom. The van der Waals surface area contributed by atoms with Gasteiger partial charge in [0.25, 0.3) is 0 Å². The van der Waals surface area contributed by atoms with Gasteiger partial charge in [-0.2, -0.15) is 0 Å². The molecule has 1 aliphatic heterocycles. The van der Waals surface area contributed by atoms with Crippen LogP contribution in [0.5, 0.6) is 0 Å². The second-order valence-corrected chi connectivity index (χ2v) is 7.61. The van der Waals surface area contributed by atoms with Crippen molar-refractivity contribution >= 4 is 0 Å². The molecule has 0 radical (unpaired) electrons. The average molecular weight is 280 g/mol. The van der Waals surface area contributed by atoms with Gasteiger partial charge >= 0.3 is 0 Å². The molecule has 0 aromatic rings. The minimum absolute atomic E-state index is 0.467. The number of nitrogens with one attached hydrogen (secondary N) is 1. The summed E-state index contributed by atoms with van der Waals surface area (Å²) >= 11 is 0. The highest BCUT2D eigenvalue weighted by Gasteiger charge is 2.37. The summed E-state index contributed by atoms with van der Waals surface area (Å²) < 4.78 is 0. The van der Waals surface area contributed by atoms with Gasteiger partial charge in [-0.1, -0.05) is 33.6 Å². The molecule has 2 aliphatic rings. The zero-order valence-electron chi connectivity index (χ0n) is 14.1. The van der Waals surface area contributed by atoms with E-state index in [9.17, 15) is 0 Å². The molecule has 0 spiro atoms. The number of rotatable bonds is 8. The van der Waals surface area contributed by atoms with Crippen LogP contribution in [0, 0.1) is 11.3 Å². The Kier molecular flexibility index (Phi) is 6.35. The van der Waals surface area contributed by atoms with Crippen molar-refractivity contribution in [3.8, 4) is 0 Å². The lowest BCUT2D eigenvalue weighted by molar-refractivity contribution is 0.0607. The number of hydrogen-bond acceptors (Lipinski definition) is 2. The minimum atomic E-state index is 0.467. The fraction of sp³-hybridized carbons (Fsp3) is 1.00. The molecule has 1 N–H and O–H groups in total. The van der Waals surface area contributed by atoms with Crippen molar-refractivity contribution in [2.75, 3.05) is 26.2 Å². The average Bonchev–Trinajstić information content (AvgIpc) is 2.89. The van der Waals surface area contributed by atoms with Crippen LogP contribution < -0.4 is 5.32 Å². The molecule has 20 heavy (non-hydrogen) atoms. The molecule has 3 unspecified atom stereocenters. The van der Waals surface area contributed by atoms with E-state index in [1.807, 2.05) is 0 Å². The molecule has 2 rings (SSSR count). The van der Waals surface area contributed by atoms with E-state index in [1.165, 1.54) is 77.5 Å². The third kappa shape index (κ3) is 4.21. The van der Waals surface area contributed by atoms with Gasteiger partial charge in [0.15, 0.2) is 0 Å². The molecule has 2 nitrogen and oxygen atoms in total. The van der Waals surface area contributed by atoms with E-state index in [0.717, 1.165) is 12.0 Å². The molecular weight excluding hydrogens is 244 g/mol. The van der Waals surface area contributed by atoms with Crippen LogP contribution in [0.15, 0.2) is 0 Å². The van der Waals surface area contributed by atoms with Crippen LogP contribution in [0.2, 0.25) is 0 Å². The van der Waals surface area contributed by atoms with E-state index in [0.29, 0.717) is 5.41 Å². The van der Waals surface area contributed by atoms with Crippen LogP contribution in [0.25, 0.3) is 0 Å². The highest BCUT2D eigenvalue weighted by Crippen LogP contribution is 2.38. The molecule has 0 bridgehead atoms. The quantitative estimate of drug-likeness (QED) is 0.675. The van der Waals surface area contributed by atoms with E-state index in [-0.39, 0.29) is 0 Å². The molecule has 118 valence electrons. The Bertz CT molecular complexity index is 279. The summed E-state index contributed by atoms with van der Waals surface area (Å²) in [5.41, 5.74) is 0.467. The first-order chi connectivity index (χ1) is 9.68. The predicted octanol–water partition coefficient (Wildman–Crippen LogP) is 4.06. The monoisotopic (exact) mass is 280 g/mol. The van der Waals surface area contributed by atoms with Crippen LogP contribution in [-0.2, 0) is 0 Å². The highest BCUT2D eigenvalue weighted by atomic mass is 15.2. The molecule has 0 aromatic carbocycles. The fourth-order valence-electron chi connectivity index (χ4n) is 4.64. The van der Waals surface area contributed by atoms with Gasteiger partial charge in [0.2, 0.25) is 0 Å². The Balaban J connectivity index is 1.91. The van der Waals surface area contributed by atoms with Crippen molar-refractivity contribution < 1.29 is 0 Å². The SMILES string of the molecule is CCCNCC(C)(CCC)CN1CCCC2CCCC21. The minimum Gasteiger partial charge on any atom is -0.316 e. The summed E-state index contributed by atoms with van der Waals surface area (Å²) in [7, 11) is 0. The topological polar surface area (TPSA) is 15.3 Å². The second-order valence-electron chi connectivity index (χ2n) is 7.61. The van der Waals surface area contributed by atoms with Gasteiger partial charge in [-0.05, 0) is 62.9 Å². The highest BCUT2D eigenvalue weighted by molar-refractivity contribution is 4.92. The standard InChI is InChI=1S/C18H36N2/c1-4-11-18(3,14-19-12-5-2)15-20-13-7-9-16-8-6-10-17(16)20/h16-17,19H,4-15H2,1-3H3. The van der Waals surface area contributed by atoms with Crippen molar-refractivity contribution in [2.45, 2.75) is 78.2 Å². The Labute approximate surface area is 126 Å². The normalized spacial score (nSPS) is 30.1. The first-order valence-electron chi connectivity index (χ1n) is 9.13. The number of likely N-dealkylation sites (tertiary alicyclic amines) is 1. The van der Waals surface area contributed by atoms with Crippen LogP contribution in [0.4, 0.5) is 0 Å². The first kappa shape index (κ1) is 16.3. The molecule has 1 heterocycles. The van der Waals surface area contributed by atoms with Crippen LogP contribution in [-0.4, -0.2) is 37.1 Å². The van der Waals surface area contributed by atoms with Crippen LogP contribution in [0.3, 0.4) is 0 Å². The molecule has 2 heteroatoms. The van der Waals surface area contributed by atoms with Gasteiger partial charge in [-0.25, -0.2) is 0 Å². The van der Waals surface area contributed by atoms with Crippen LogP contribution in [0.1, 0.15) is 72.1 Å². The van der Waals surface area contributed by atoms with E-state index in [4.69, 9.17) is 0 Å². The Hall–Kier alpha value is -0.0800. The summed E-state index contributed by atoms with van der Waals surface area (Å²) in [6.45, 7) is 12.2. The second kappa shape index (κ2) is 7.79. The molecule has 0 aromatic heterocycles. The van der Waals surface area contributed by atoms with Crippen molar-refractivity contribution in [2.24, 2.45) is 11.3 Å². The fourth-order valence-corrected chi connectivity index (χ4v) is 4.64. The zero-order chi connectivity index (χ0) is 14.4. The Morgan fingerprint density at radius 1 is 1.10 bits per heavy atom. The lowest BCUT2D eigenvalue weighted by Crippen LogP contribution is -2.50. The smallest absolute Gasteiger partial charge is 0.0124 e. The third-order valence-corrected chi connectivity index (χ3v) is 5.53. The van der Waals surface area contributed by atoms with Gasteiger partial charge in [-0.3, -0.25) is 4.90 Å². The van der Waals surface area contributed by atoms with Gasteiger partial charge in [-0.15, -0.1) is 0 Å². The molecule has 1 aliphatic carbocycles. The summed E-state index contributed by atoms with van der Waals surface area (Å²) in [6, 6.07) is 0.922. The number of piperidine rings is 1. The van der Waals surface area contributed by atoms with Gasteiger partial charge in [0.1, 0.15) is 0 Å². The number of nitrogens with zero attached hydrogens (tertiary/aromatic N) is 1. The van der Waals surface area contributed by atoms with Gasteiger partial charge in [0, 0.05) is 19.1 Å². The molecule has 2 fully saturated rings. The number of fused-ring (bicyclic) bond motifs is 1. The van der Waals surface area contributed by atoms with Crippen molar-refractivity contribution in [3.05, 3.63) is 0 Å². The maximum Gasteiger partial charge on any atom is 0.0124 e. The maximum absolute atomic E-state index is 3.68. The van der Waals surface area contributed by atoms with Gasteiger partial charge < -0.3 is 5.32 Å². The largest absolute Gasteiger partial charge is 0.316 e. The van der Waals surface area contributed by atoms with E-state index < -0.39 is 0 Å². The van der Waals surface area contributed by atoms with Gasteiger partial charge in [0.05, 0.1) is 0 Å². The summed E-state index contributed by atoms with van der Waals surface area (Å²) in [5.74, 6) is 1.03. The van der Waals surface area contributed by atoms with E-state index in [2.05, 4.69) is 31.0 Å². The summed E-state index contributed by atoms with van der Waals surface area (Å²) in [6.07, 6.45) is 11.3. The molecular formula is C18H36N2. The van der Waals surface area contributed by atoms with E-state index >= 15 is 0 Å². The van der Waals surface area contributed by atoms with E-state index in [1.54, 1.807) is 0 Å². The lowest BCUT2D eigenvalue weighted by atomic mass is 9.82. The first-order valence-corrected chi connectivity index (χ1v) is 9.13. The molecule has 1 saturated carbocycles. The maximum atomic E-state index is 3.68. The van der Waals surface area contributed by atoms with Crippen molar-refractivity contribution in [1.82, 2.24) is 10.2 Å². The third-order valence-electron chi connectivity index (χ3n) is 5.53.